The number of nitrogens with zero attached hydrogens (tertiary/aromatic N) is 2. The second-order valence-electron chi connectivity index (χ2n) is 2.56. The first-order chi connectivity index (χ1) is 6.50. The molecule has 0 radical (unpaired) electrons. The smallest absolute Gasteiger partial charge is 0.150 e. The van der Waals surface area contributed by atoms with Crippen LogP contribution >= 0.6 is 15.9 Å². The third kappa shape index (κ3) is 3.04. The van der Waals surface area contributed by atoms with E-state index in [0.29, 0.717) is 10.3 Å². The SMILES string of the molecule is C/C(=N/[S@@+](C)[O-])c1nc(Br)ccc1F. The molecule has 14 heavy (non-hydrogen) atoms. The van der Waals surface area contributed by atoms with E-state index in [4.69, 9.17) is 0 Å². The van der Waals surface area contributed by atoms with Crippen LogP contribution < -0.4 is 0 Å². The third-order valence-electron chi connectivity index (χ3n) is 1.42. The molecule has 0 saturated carbocycles. The number of hydrogen-bond acceptors (Lipinski definition) is 3. The van der Waals surface area contributed by atoms with Gasteiger partial charge >= 0.3 is 0 Å². The van der Waals surface area contributed by atoms with Crippen LogP contribution in [0, 0.1) is 5.82 Å². The molecule has 0 aromatic carbocycles. The van der Waals surface area contributed by atoms with Crippen LogP contribution in [0.25, 0.3) is 0 Å². The lowest BCUT2D eigenvalue weighted by Crippen LogP contribution is -2.06. The quantitative estimate of drug-likeness (QED) is 0.473. The Morgan fingerprint density at radius 1 is 1.64 bits per heavy atom. The van der Waals surface area contributed by atoms with Crippen molar-refractivity contribution < 1.29 is 8.94 Å². The van der Waals surface area contributed by atoms with Crippen LogP contribution in [-0.2, 0) is 11.4 Å². The zero-order chi connectivity index (χ0) is 10.7. The van der Waals surface area contributed by atoms with Gasteiger partial charge in [-0.25, -0.2) is 9.37 Å². The van der Waals surface area contributed by atoms with Gasteiger partial charge in [-0.2, -0.15) is 0 Å². The summed E-state index contributed by atoms with van der Waals surface area (Å²) in [6.45, 7) is 1.57. The van der Waals surface area contributed by atoms with Crippen LogP contribution in [0.4, 0.5) is 4.39 Å². The van der Waals surface area contributed by atoms with Gasteiger partial charge < -0.3 is 4.55 Å². The summed E-state index contributed by atoms with van der Waals surface area (Å²) in [7, 11) is 0. The van der Waals surface area contributed by atoms with Crippen molar-refractivity contribution in [2.45, 2.75) is 6.92 Å². The van der Waals surface area contributed by atoms with Crippen molar-refractivity contribution in [3.8, 4) is 0 Å². The molecule has 0 N–H and O–H groups in total. The molecule has 1 heterocycles. The maximum Gasteiger partial charge on any atom is 0.150 e. The molecule has 1 rings (SSSR count). The molecule has 0 saturated heterocycles. The molecule has 1 atom stereocenters. The predicted octanol–water partition coefficient (Wildman–Crippen LogP) is 2.09. The summed E-state index contributed by atoms with van der Waals surface area (Å²) in [6.07, 6.45) is 1.42. The Bertz CT molecular complexity index is 370. The van der Waals surface area contributed by atoms with Gasteiger partial charge in [-0.05, 0) is 35.0 Å². The number of rotatable bonds is 2. The molecule has 0 fully saturated rings. The Kier molecular flexibility index (Phi) is 4.03. The molecule has 76 valence electrons. The molecule has 6 heteroatoms. The summed E-state index contributed by atoms with van der Waals surface area (Å²) in [4.78, 5) is 3.90. The minimum atomic E-state index is -1.35. The van der Waals surface area contributed by atoms with E-state index in [2.05, 4.69) is 25.3 Å². The Morgan fingerprint density at radius 2 is 2.29 bits per heavy atom. The molecule has 0 unspecified atom stereocenters. The molecular formula is C8H8BrFN2OS. The van der Waals surface area contributed by atoms with Crippen molar-refractivity contribution in [3.63, 3.8) is 0 Å². The lowest BCUT2D eigenvalue weighted by molar-refractivity contribution is 0.602. The van der Waals surface area contributed by atoms with Gasteiger partial charge in [0.2, 0.25) is 0 Å². The first-order valence-electron chi connectivity index (χ1n) is 3.72. The zero-order valence-electron chi connectivity index (χ0n) is 7.62. The fourth-order valence-corrected chi connectivity index (χ4v) is 1.69. The zero-order valence-corrected chi connectivity index (χ0v) is 10.0. The van der Waals surface area contributed by atoms with Gasteiger partial charge in [0.05, 0.1) is 11.4 Å². The van der Waals surface area contributed by atoms with E-state index in [1.54, 1.807) is 6.92 Å². The van der Waals surface area contributed by atoms with Crippen molar-refractivity contribution in [1.82, 2.24) is 4.98 Å². The highest BCUT2D eigenvalue weighted by Crippen LogP contribution is 2.12. The second-order valence-corrected chi connectivity index (χ2v) is 4.41. The minimum Gasteiger partial charge on any atom is -0.591 e. The van der Waals surface area contributed by atoms with Crippen molar-refractivity contribution in [3.05, 3.63) is 28.2 Å². The van der Waals surface area contributed by atoms with Gasteiger partial charge in [-0.1, -0.05) is 4.40 Å². The third-order valence-corrected chi connectivity index (χ3v) is 2.39. The molecule has 0 amide bonds. The van der Waals surface area contributed by atoms with Crippen molar-refractivity contribution in [2.75, 3.05) is 6.26 Å². The van der Waals surface area contributed by atoms with Crippen molar-refractivity contribution in [2.24, 2.45) is 4.40 Å². The van der Waals surface area contributed by atoms with Crippen molar-refractivity contribution >= 4 is 33.0 Å². The average molecular weight is 279 g/mol. The van der Waals surface area contributed by atoms with E-state index in [9.17, 15) is 8.94 Å². The van der Waals surface area contributed by atoms with E-state index in [-0.39, 0.29) is 5.69 Å². The maximum atomic E-state index is 13.2. The van der Waals surface area contributed by atoms with E-state index in [1.807, 2.05) is 0 Å². The van der Waals surface area contributed by atoms with E-state index >= 15 is 0 Å². The molecule has 0 bridgehead atoms. The van der Waals surface area contributed by atoms with Crippen LogP contribution in [0.15, 0.2) is 21.1 Å². The summed E-state index contributed by atoms with van der Waals surface area (Å²) in [5, 5.41) is 0. The van der Waals surface area contributed by atoms with Gasteiger partial charge in [0.1, 0.15) is 22.3 Å². The Balaban J connectivity index is 3.12. The van der Waals surface area contributed by atoms with Crippen LogP contribution in [0.5, 0.6) is 0 Å². The molecule has 0 aliphatic rings. The highest BCUT2D eigenvalue weighted by molar-refractivity contribution is 9.10. The average Bonchev–Trinajstić information content (AvgIpc) is 2.08. The lowest BCUT2D eigenvalue weighted by Gasteiger charge is -2.02. The highest BCUT2D eigenvalue weighted by atomic mass is 79.9. The van der Waals surface area contributed by atoms with Gasteiger partial charge in [0.25, 0.3) is 0 Å². The van der Waals surface area contributed by atoms with E-state index in [1.165, 1.54) is 18.4 Å². The first kappa shape index (κ1) is 11.6. The molecule has 3 nitrogen and oxygen atoms in total. The number of aromatic nitrogens is 1. The summed E-state index contributed by atoms with van der Waals surface area (Å²) in [6, 6.07) is 2.78. The minimum absolute atomic E-state index is 0.120. The number of pyridine rings is 1. The van der Waals surface area contributed by atoms with E-state index < -0.39 is 17.2 Å². The van der Waals surface area contributed by atoms with Gasteiger partial charge in [0.15, 0.2) is 5.82 Å². The summed E-state index contributed by atoms with van der Waals surface area (Å²) in [5.41, 5.74) is 0.444. The van der Waals surface area contributed by atoms with Crippen LogP contribution in [0.3, 0.4) is 0 Å². The van der Waals surface area contributed by atoms with Gasteiger partial charge in [-0.3, -0.25) is 0 Å². The molecular weight excluding hydrogens is 271 g/mol. The fraction of sp³-hybridized carbons (Fsp3) is 0.250. The summed E-state index contributed by atoms with van der Waals surface area (Å²) in [5.74, 6) is -0.472. The maximum absolute atomic E-state index is 13.2. The lowest BCUT2D eigenvalue weighted by atomic mass is 10.2. The normalized spacial score (nSPS) is 14.2. The van der Waals surface area contributed by atoms with Crippen molar-refractivity contribution in [1.29, 1.82) is 0 Å². The van der Waals surface area contributed by atoms with Crippen LogP contribution in [0.1, 0.15) is 12.6 Å². The molecule has 1 aromatic heterocycles. The molecule has 0 aliphatic carbocycles. The largest absolute Gasteiger partial charge is 0.591 e. The van der Waals surface area contributed by atoms with Gasteiger partial charge in [0, 0.05) is 0 Å². The Labute approximate surface area is 92.9 Å². The number of hydrogen-bond donors (Lipinski definition) is 0. The van der Waals surface area contributed by atoms with E-state index in [0.717, 1.165) is 0 Å². The van der Waals surface area contributed by atoms with Crippen LogP contribution in [-0.4, -0.2) is 21.5 Å². The standard InChI is InChI=1S/C8H8BrFN2OS/c1-5(12-14(2)13)8-6(10)3-4-7(9)11-8/h3-4H,1-2H3/b12-5-/t14-/m1/s1. The molecule has 0 spiro atoms. The van der Waals surface area contributed by atoms with Gasteiger partial charge in [-0.15, -0.1) is 0 Å². The summed E-state index contributed by atoms with van der Waals surface area (Å²) >= 11 is 1.78. The monoisotopic (exact) mass is 278 g/mol. The number of halogens is 2. The van der Waals surface area contributed by atoms with Crippen LogP contribution in [0.2, 0.25) is 0 Å². The summed E-state index contributed by atoms with van der Waals surface area (Å²) < 4.78 is 28.2. The molecule has 1 aromatic rings. The first-order valence-corrected chi connectivity index (χ1v) is 6.02. The highest BCUT2D eigenvalue weighted by Gasteiger charge is 2.10. The topological polar surface area (TPSA) is 48.3 Å². The Morgan fingerprint density at radius 3 is 2.86 bits per heavy atom. The second kappa shape index (κ2) is 4.86. The molecule has 0 aliphatic heterocycles. The Hall–Kier alpha value is -0.460. The predicted molar refractivity (Wildman–Crippen MR) is 58.2 cm³/mol. The fourth-order valence-electron chi connectivity index (χ4n) is 0.908.